The van der Waals surface area contributed by atoms with E-state index in [2.05, 4.69) is 12.3 Å². The van der Waals surface area contributed by atoms with Gasteiger partial charge in [0, 0.05) is 12.1 Å². The third-order valence-electron chi connectivity index (χ3n) is 6.12. The van der Waals surface area contributed by atoms with Gasteiger partial charge in [-0.15, -0.1) is 0 Å². The Kier molecular flexibility index (Phi) is 17.1. The van der Waals surface area contributed by atoms with E-state index in [1.54, 1.807) is 0 Å². The number of unbranched alkanes of at least 4 members (excludes halogenated alkanes) is 15. The van der Waals surface area contributed by atoms with Crippen LogP contribution in [0.5, 0.6) is 5.75 Å². The van der Waals surface area contributed by atoms with E-state index in [1.807, 2.05) is 0 Å². The standard InChI is InChI=1S/C27H48N4O3/c1-2-3-4-5-6-7-8-9-10-11-12-13-14-15-16-17-22-30-31(27(34)25(28)29)26(33)23-18-20-24(32)21-19-23/h18-21,25,30,32H,2-17,22,28-29H2,1H3. The number of phenols is 1. The fraction of sp³-hybridized carbons (Fsp3) is 0.704. The van der Waals surface area contributed by atoms with E-state index in [4.69, 9.17) is 11.5 Å². The van der Waals surface area contributed by atoms with Crippen LogP contribution in [-0.4, -0.2) is 34.6 Å². The number of hydrogen-bond donors (Lipinski definition) is 4. The maximum absolute atomic E-state index is 12.7. The Hall–Kier alpha value is -1.96. The molecular formula is C27H48N4O3. The topological polar surface area (TPSA) is 122 Å². The van der Waals surface area contributed by atoms with Gasteiger partial charge >= 0.3 is 0 Å². The quantitative estimate of drug-likeness (QED) is 0.114. The van der Waals surface area contributed by atoms with Gasteiger partial charge in [0.25, 0.3) is 11.8 Å². The highest BCUT2D eigenvalue weighted by molar-refractivity contribution is 6.05. The Morgan fingerprint density at radius 1 is 0.765 bits per heavy atom. The summed E-state index contributed by atoms with van der Waals surface area (Å²) in [7, 11) is 0. The number of nitrogens with one attached hydrogen (secondary N) is 1. The molecule has 1 aromatic carbocycles. The van der Waals surface area contributed by atoms with Crippen molar-refractivity contribution in [2.75, 3.05) is 6.54 Å². The number of phenolic OH excluding ortho intramolecular Hbond substituents is 1. The molecule has 0 atom stereocenters. The lowest BCUT2D eigenvalue weighted by Gasteiger charge is -2.23. The number of hydrazine groups is 1. The fourth-order valence-electron chi connectivity index (χ4n) is 4.00. The predicted molar refractivity (Wildman–Crippen MR) is 139 cm³/mol. The second-order valence-electron chi connectivity index (χ2n) is 9.26. The first kappa shape index (κ1) is 30.1. The highest BCUT2D eigenvalue weighted by atomic mass is 16.3. The Morgan fingerprint density at radius 2 is 1.18 bits per heavy atom. The third-order valence-corrected chi connectivity index (χ3v) is 6.12. The zero-order valence-corrected chi connectivity index (χ0v) is 21.3. The average Bonchev–Trinajstić information content (AvgIpc) is 2.83. The van der Waals surface area contributed by atoms with Crippen molar-refractivity contribution in [2.45, 2.75) is 116 Å². The number of benzene rings is 1. The van der Waals surface area contributed by atoms with Gasteiger partial charge in [-0.05, 0) is 30.7 Å². The van der Waals surface area contributed by atoms with Crippen LogP contribution in [0.1, 0.15) is 120 Å². The van der Waals surface area contributed by atoms with Gasteiger partial charge in [0.15, 0.2) is 0 Å². The highest BCUT2D eigenvalue weighted by Crippen LogP contribution is 2.14. The van der Waals surface area contributed by atoms with E-state index in [0.717, 1.165) is 24.3 Å². The molecule has 0 aromatic heterocycles. The van der Waals surface area contributed by atoms with E-state index in [9.17, 15) is 14.7 Å². The number of aromatic hydroxyl groups is 1. The summed E-state index contributed by atoms with van der Waals surface area (Å²) in [5.41, 5.74) is 14.1. The maximum Gasteiger partial charge on any atom is 0.275 e. The van der Waals surface area contributed by atoms with Crippen LogP contribution in [0.4, 0.5) is 0 Å². The van der Waals surface area contributed by atoms with Gasteiger partial charge in [-0.1, -0.05) is 103 Å². The molecule has 0 saturated carbocycles. The summed E-state index contributed by atoms with van der Waals surface area (Å²) in [4.78, 5) is 24.9. The van der Waals surface area contributed by atoms with Crippen LogP contribution in [0.2, 0.25) is 0 Å². The monoisotopic (exact) mass is 476 g/mol. The normalized spacial score (nSPS) is 11.2. The molecule has 0 aliphatic heterocycles. The SMILES string of the molecule is CCCCCCCCCCCCCCCCCCNN(C(=O)c1ccc(O)cc1)C(=O)C(N)N. The molecule has 1 rings (SSSR count). The summed E-state index contributed by atoms with van der Waals surface area (Å²) in [6, 6.07) is 5.70. The van der Waals surface area contributed by atoms with E-state index >= 15 is 0 Å². The van der Waals surface area contributed by atoms with Crippen LogP contribution < -0.4 is 16.9 Å². The molecule has 0 fully saturated rings. The summed E-state index contributed by atoms with van der Waals surface area (Å²) in [5, 5.41) is 10.3. The molecule has 6 N–H and O–H groups in total. The van der Waals surface area contributed by atoms with Crippen LogP contribution >= 0.6 is 0 Å². The number of nitrogens with two attached hydrogens (primary N) is 2. The molecule has 0 bridgehead atoms. The molecule has 0 aliphatic carbocycles. The van der Waals surface area contributed by atoms with Gasteiger partial charge in [0.1, 0.15) is 11.9 Å². The van der Waals surface area contributed by atoms with Gasteiger partial charge in [0.2, 0.25) is 0 Å². The first-order valence-corrected chi connectivity index (χ1v) is 13.4. The van der Waals surface area contributed by atoms with E-state index < -0.39 is 18.0 Å². The molecule has 0 heterocycles. The summed E-state index contributed by atoms with van der Waals surface area (Å²) < 4.78 is 0. The lowest BCUT2D eigenvalue weighted by atomic mass is 10.0. The van der Waals surface area contributed by atoms with Gasteiger partial charge in [-0.2, -0.15) is 0 Å². The molecule has 0 spiro atoms. The number of imide groups is 1. The first-order chi connectivity index (χ1) is 16.5. The van der Waals surface area contributed by atoms with Crippen molar-refractivity contribution in [1.29, 1.82) is 0 Å². The maximum atomic E-state index is 12.7. The molecule has 2 amide bonds. The number of rotatable bonds is 20. The molecule has 0 radical (unpaired) electrons. The minimum absolute atomic E-state index is 0.0473. The summed E-state index contributed by atoms with van der Waals surface area (Å²) in [6.45, 7) is 2.75. The number of nitrogens with zero attached hydrogens (tertiary/aromatic N) is 1. The minimum atomic E-state index is -1.28. The zero-order chi connectivity index (χ0) is 25.0. The largest absolute Gasteiger partial charge is 0.508 e. The number of carbonyl (C=O) groups is 2. The molecule has 194 valence electrons. The minimum Gasteiger partial charge on any atom is -0.508 e. The summed E-state index contributed by atoms with van der Waals surface area (Å²) in [5.74, 6) is -1.18. The predicted octanol–water partition coefficient (Wildman–Crippen LogP) is 5.37. The number of hydrogen-bond acceptors (Lipinski definition) is 6. The molecule has 7 nitrogen and oxygen atoms in total. The van der Waals surface area contributed by atoms with Crippen molar-refractivity contribution in [1.82, 2.24) is 10.4 Å². The van der Waals surface area contributed by atoms with Gasteiger partial charge < -0.3 is 16.6 Å². The van der Waals surface area contributed by atoms with Crippen LogP contribution in [-0.2, 0) is 4.79 Å². The third kappa shape index (κ3) is 13.7. The molecular weight excluding hydrogens is 428 g/mol. The smallest absolute Gasteiger partial charge is 0.275 e. The molecule has 0 saturated heterocycles. The molecule has 0 unspecified atom stereocenters. The van der Waals surface area contributed by atoms with Crippen molar-refractivity contribution >= 4 is 11.8 Å². The fourth-order valence-corrected chi connectivity index (χ4v) is 4.00. The Balaban J connectivity index is 2.09. The van der Waals surface area contributed by atoms with Crippen molar-refractivity contribution in [3.8, 4) is 5.75 Å². The Bertz CT molecular complexity index is 664. The number of carbonyl (C=O) groups excluding carboxylic acids is 2. The second kappa shape index (κ2) is 19.4. The van der Waals surface area contributed by atoms with Gasteiger partial charge in [-0.3, -0.25) is 9.59 Å². The average molecular weight is 477 g/mol. The first-order valence-electron chi connectivity index (χ1n) is 13.4. The van der Waals surface area contributed by atoms with Gasteiger partial charge in [0.05, 0.1) is 0 Å². The summed E-state index contributed by atoms with van der Waals surface area (Å²) >= 11 is 0. The highest BCUT2D eigenvalue weighted by Gasteiger charge is 2.25. The molecule has 7 heteroatoms. The Labute approximate surface area is 206 Å². The van der Waals surface area contributed by atoms with Crippen molar-refractivity contribution in [3.63, 3.8) is 0 Å². The van der Waals surface area contributed by atoms with Crippen LogP contribution in [0, 0.1) is 0 Å². The van der Waals surface area contributed by atoms with Crippen molar-refractivity contribution in [3.05, 3.63) is 29.8 Å². The lowest BCUT2D eigenvalue weighted by Crippen LogP contribution is -2.56. The van der Waals surface area contributed by atoms with Crippen LogP contribution in [0.15, 0.2) is 24.3 Å². The van der Waals surface area contributed by atoms with Crippen LogP contribution in [0.3, 0.4) is 0 Å². The molecule has 0 aliphatic rings. The van der Waals surface area contributed by atoms with E-state index in [1.165, 1.54) is 108 Å². The van der Waals surface area contributed by atoms with E-state index in [-0.39, 0.29) is 11.3 Å². The van der Waals surface area contributed by atoms with Crippen molar-refractivity contribution in [2.24, 2.45) is 11.5 Å². The summed E-state index contributed by atoms with van der Waals surface area (Å²) in [6.07, 6.45) is 19.4. The van der Waals surface area contributed by atoms with Crippen molar-refractivity contribution < 1.29 is 14.7 Å². The Morgan fingerprint density at radius 3 is 1.59 bits per heavy atom. The molecule has 1 aromatic rings. The van der Waals surface area contributed by atoms with E-state index in [0.29, 0.717) is 6.54 Å². The molecule has 34 heavy (non-hydrogen) atoms. The number of amides is 2. The zero-order valence-electron chi connectivity index (χ0n) is 21.3. The lowest BCUT2D eigenvalue weighted by molar-refractivity contribution is -0.132. The second-order valence-corrected chi connectivity index (χ2v) is 9.26. The van der Waals surface area contributed by atoms with Gasteiger partial charge in [-0.25, -0.2) is 10.4 Å². The van der Waals surface area contributed by atoms with Crippen LogP contribution in [0.25, 0.3) is 0 Å².